The Hall–Kier alpha value is -1.62. The molecule has 0 spiro atoms. The Morgan fingerprint density at radius 1 is 1.20 bits per heavy atom. The number of nitrogens with zero attached hydrogens (tertiary/aromatic N) is 1. The Balaban J connectivity index is 2.31. The monoisotopic (exact) mass is 323 g/mol. The van der Waals surface area contributed by atoms with Crippen LogP contribution in [0, 0.1) is 0 Å². The van der Waals surface area contributed by atoms with Gasteiger partial charge in [-0.15, -0.1) is 11.3 Å². The molecule has 3 rings (SSSR count). The van der Waals surface area contributed by atoms with Gasteiger partial charge in [0.2, 0.25) is 0 Å². The molecule has 1 N–H and O–H groups in total. The van der Waals surface area contributed by atoms with E-state index in [0.717, 1.165) is 21.2 Å². The molecule has 0 aliphatic heterocycles. The zero-order chi connectivity index (χ0) is 14.3. The number of carboxylic acids is 1. The summed E-state index contributed by atoms with van der Waals surface area (Å²) < 4.78 is 0.802. The van der Waals surface area contributed by atoms with Crippen LogP contribution in [0.4, 0.5) is 0 Å². The highest BCUT2D eigenvalue weighted by Gasteiger charge is 2.15. The molecule has 20 heavy (non-hydrogen) atoms. The Labute approximate surface area is 128 Å². The van der Waals surface area contributed by atoms with Crippen molar-refractivity contribution in [2.75, 3.05) is 0 Å². The Morgan fingerprint density at radius 3 is 2.75 bits per heavy atom. The molecule has 6 heteroatoms. The number of aromatic nitrogens is 1. The number of halogens is 2. The molecule has 0 amide bonds. The third-order valence-electron chi connectivity index (χ3n) is 2.90. The van der Waals surface area contributed by atoms with E-state index in [1.54, 1.807) is 30.6 Å². The molecule has 100 valence electrons. The summed E-state index contributed by atoms with van der Waals surface area (Å²) in [6.07, 6.45) is 3.31. The maximum Gasteiger partial charge on any atom is 0.345 e. The number of carbonyl (C=O) groups is 1. The second kappa shape index (κ2) is 5.05. The van der Waals surface area contributed by atoms with Gasteiger partial charge >= 0.3 is 5.97 Å². The third kappa shape index (κ3) is 2.16. The highest BCUT2D eigenvalue weighted by Crippen LogP contribution is 2.38. The van der Waals surface area contributed by atoms with Crippen LogP contribution in [-0.2, 0) is 0 Å². The van der Waals surface area contributed by atoms with E-state index in [9.17, 15) is 4.79 Å². The highest BCUT2D eigenvalue weighted by molar-refractivity contribution is 7.20. The van der Waals surface area contributed by atoms with Crippen molar-refractivity contribution in [2.24, 2.45) is 0 Å². The fraction of sp³-hybridized carbons (Fsp3) is 0. The fourth-order valence-corrected chi connectivity index (χ4v) is 3.29. The van der Waals surface area contributed by atoms with Crippen LogP contribution in [0.5, 0.6) is 0 Å². The highest BCUT2D eigenvalue weighted by atomic mass is 35.5. The van der Waals surface area contributed by atoms with Gasteiger partial charge in [-0.2, -0.15) is 0 Å². The molecule has 0 aliphatic rings. The van der Waals surface area contributed by atoms with E-state index in [4.69, 9.17) is 28.3 Å². The summed E-state index contributed by atoms with van der Waals surface area (Å²) in [5.41, 5.74) is 1.52. The van der Waals surface area contributed by atoms with Crippen LogP contribution >= 0.6 is 34.5 Å². The van der Waals surface area contributed by atoms with E-state index in [1.165, 1.54) is 11.3 Å². The summed E-state index contributed by atoms with van der Waals surface area (Å²) in [6, 6.07) is 6.98. The molecule has 2 heterocycles. The zero-order valence-corrected chi connectivity index (χ0v) is 12.3. The van der Waals surface area contributed by atoms with Crippen LogP contribution in [0.3, 0.4) is 0 Å². The van der Waals surface area contributed by atoms with Gasteiger partial charge in [0.15, 0.2) is 0 Å². The van der Waals surface area contributed by atoms with E-state index >= 15 is 0 Å². The lowest BCUT2D eigenvalue weighted by atomic mass is 10.0. The number of pyridine rings is 1. The lowest BCUT2D eigenvalue weighted by Gasteiger charge is -2.06. The summed E-state index contributed by atoms with van der Waals surface area (Å²) in [7, 11) is 0. The van der Waals surface area contributed by atoms with Crippen molar-refractivity contribution in [2.45, 2.75) is 0 Å². The smallest absolute Gasteiger partial charge is 0.345 e. The van der Waals surface area contributed by atoms with E-state index in [1.807, 2.05) is 6.07 Å². The number of carboxylic acid groups (broad SMARTS) is 1. The zero-order valence-electron chi connectivity index (χ0n) is 9.93. The predicted octanol–water partition coefficient (Wildman–Crippen LogP) is 4.97. The Kier molecular flexibility index (Phi) is 3.38. The summed E-state index contributed by atoms with van der Waals surface area (Å²) >= 11 is 13.4. The molecule has 0 bridgehead atoms. The minimum Gasteiger partial charge on any atom is -0.477 e. The normalized spacial score (nSPS) is 10.9. The number of aromatic carboxylic acids is 1. The van der Waals surface area contributed by atoms with E-state index < -0.39 is 5.97 Å². The molecule has 3 nitrogen and oxygen atoms in total. The Morgan fingerprint density at radius 2 is 2.00 bits per heavy atom. The maximum absolute atomic E-state index is 11.1. The number of rotatable bonds is 2. The SMILES string of the molecule is O=C(O)c1cc2c(-c3cccc(Cl)c3Cl)cncc2s1. The van der Waals surface area contributed by atoms with Gasteiger partial charge in [-0.25, -0.2) is 4.79 Å². The quantitative estimate of drug-likeness (QED) is 0.724. The molecule has 1 aromatic carbocycles. The summed E-state index contributed by atoms with van der Waals surface area (Å²) in [6.45, 7) is 0. The molecule has 0 atom stereocenters. The van der Waals surface area contributed by atoms with E-state index in [0.29, 0.717) is 10.0 Å². The average Bonchev–Trinajstić information content (AvgIpc) is 2.86. The molecule has 3 aromatic rings. The van der Waals surface area contributed by atoms with Crippen LogP contribution in [0.25, 0.3) is 21.2 Å². The molecule has 2 aromatic heterocycles. The van der Waals surface area contributed by atoms with Crippen molar-refractivity contribution in [1.82, 2.24) is 4.98 Å². The first-order valence-electron chi connectivity index (χ1n) is 5.63. The second-order valence-corrected chi connectivity index (χ2v) is 5.98. The second-order valence-electron chi connectivity index (χ2n) is 4.12. The standard InChI is InChI=1S/C14H7Cl2NO2S/c15-10-3-1-2-7(13(10)16)9-5-17-6-12-8(9)4-11(20-12)14(18)19/h1-6H,(H,18,19). The minimum atomic E-state index is -0.950. The van der Waals surface area contributed by atoms with Crippen molar-refractivity contribution in [3.05, 3.63) is 51.6 Å². The van der Waals surface area contributed by atoms with Crippen molar-refractivity contribution in [1.29, 1.82) is 0 Å². The van der Waals surface area contributed by atoms with Gasteiger partial charge in [-0.3, -0.25) is 4.98 Å². The van der Waals surface area contributed by atoms with Crippen molar-refractivity contribution in [3.63, 3.8) is 0 Å². The average molecular weight is 324 g/mol. The summed E-state index contributed by atoms with van der Waals surface area (Å²) in [5, 5.41) is 10.8. The third-order valence-corrected chi connectivity index (χ3v) is 4.78. The maximum atomic E-state index is 11.1. The largest absolute Gasteiger partial charge is 0.477 e. The summed E-state index contributed by atoms with van der Waals surface area (Å²) in [4.78, 5) is 15.5. The van der Waals surface area contributed by atoms with Crippen LogP contribution < -0.4 is 0 Å². The van der Waals surface area contributed by atoms with Gasteiger partial charge in [0, 0.05) is 28.9 Å². The van der Waals surface area contributed by atoms with Crippen LogP contribution in [-0.4, -0.2) is 16.1 Å². The minimum absolute atomic E-state index is 0.271. The molecule has 0 radical (unpaired) electrons. The van der Waals surface area contributed by atoms with E-state index in [2.05, 4.69) is 4.98 Å². The topological polar surface area (TPSA) is 50.2 Å². The number of thiophene rings is 1. The van der Waals surface area contributed by atoms with Gasteiger partial charge in [-0.1, -0.05) is 35.3 Å². The molecule has 0 fully saturated rings. The first-order valence-corrected chi connectivity index (χ1v) is 7.20. The number of benzene rings is 1. The van der Waals surface area contributed by atoms with Crippen molar-refractivity contribution < 1.29 is 9.90 Å². The summed E-state index contributed by atoms with van der Waals surface area (Å²) in [5.74, 6) is -0.950. The number of hydrogen-bond acceptors (Lipinski definition) is 3. The van der Waals surface area contributed by atoms with E-state index in [-0.39, 0.29) is 4.88 Å². The Bertz CT molecular complexity index is 829. The molecular formula is C14H7Cl2NO2S. The predicted molar refractivity (Wildman–Crippen MR) is 82.0 cm³/mol. The fourth-order valence-electron chi connectivity index (χ4n) is 1.99. The molecule has 0 saturated heterocycles. The van der Waals surface area contributed by atoms with Crippen molar-refractivity contribution >= 4 is 50.6 Å². The molecule has 0 aliphatic carbocycles. The van der Waals surface area contributed by atoms with Gasteiger partial charge in [0.1, 0.15) is 4.88 Å². The lowest BCUT2D eigenvalue weighted by Crippen LogP contribution is -1.89. The first kappa shape index (κ1) is 13.4. The number of fused-ring (bicyclic) bond motifs is 1. The molecule has 0 unspecified atom stereocenters. The lowest BCUT2D eigenvalue weighted by molar-refractivity contribution is 0.0702. The first-order chi connectivity index (χ1) is 9.58. The van der Waals surface area contributed by atoms with Crippen LogP contribution in [0.1, 0.15) is 9.67 Å². The number of hydrogen-bond donors (Lipinski definition) is 1. The van der Waals surface area contributed by atoms with Crippen molar-refractivity contribution in [3.8, 4) is 11.1 Å². The van der Waals surface area contributed by atoms with Gasteiger partial charge < -0.3 is 5.11 Å². The van der Waals surface area contributed by atoms with Crippen LogP contribution in [0.2, 0.25) is 10.0 Å². The molecular weight excluding hydrogens is 317 g/mol. The van der Waals surface area contributed by atoms with Gasteiger partial charge in [0.25, 0.3) is 0 Å². The van der Waals surface area contributed by atoms with Crippen LogP contribution in [0.15, 0.2) is 36.7 Å². The van der Waals surface area contributed by atoms with Gasteiger partial charge in [-0.05, 0) is 12.1 Å². The molecule has 0 saturated carbocycles. The van der Waals surface area contributed by atoms with Gasteiger partial charge in [0.05, 0.1) is 14.7 Å².